The minimum absolute atomic E-state index is 0.0626. The first kappa shape index (κ1) is 13.8. The van der Waals surface area contributed by atoms with Crippen molar-refractivity contribution in [2.45, 2.75) is 31.9 Å². The van der Waals surface area contributed by atoms with Crippen LogP contribution in [-0.2, 0) is 4.74 Å². The zero-order valence-electron chi connectivity index (χ0n) is 11.0. The Morgan fingerprint density at radius 2 is 2.06 bits per heavy atom. The zero-order chi connectivity index (χ0) is 13.1. The monoisotopic (exact) mass is 312 g/mol. The first-order valence-electron chi connectivity index (χ1n) is 6.44. The minimum Gasteiger partial charge on any atom is -0.381 e. The SMILES string of the molecule is COC1CCN(c2ccc([C@H](C)N)c(Br)c2)CC1. The molecule has 3 nitrogen and oxygen atoms in total. The Morgan fingerprint density at radius 1 is 1.39 bits per heavy atom. The third-order valence-electron chi connectivity index (χ3n) is 3.62. The summed E-state index contributed by atoms with van der Waals surface area (Å²) in [6.07, 6.45) is 2.62. The maximum Gasteiger partial charge on any atom is 0.0605 e. The molecule has 2 rings (SSSR count). The van der Waals surface area contributed by atoms with Crippen LogP contribution < -0.4 is 10.6 Å². The van der Waals surface area contributed by atoms with E-state index in [1.165, 1.54) is 5.69 Å². The van der Waals surface area contributed by atoms with Gasteiger partial charge in [-0.15, -0.1) is 0 Å². The van der Waals surface area contributed by atoms with Crippen LogP contribution >= 0.6 is 15.9 Å². The van der Waals surface area contributed by atoms with Crippen molar-refractivity contribution in [2.24, 2.45) is 5.73 Å². The summed E-state index contributed by atoms with van der Waals surface area (Å²) in [6, 6.07) is 6.52. The van der Waals surface area contributed by atoms with E-state index in [0.29, 0.717) is 6.10 Å². The van der Waals surface area contributed by atoms with E-state index in [0.717, 1.165) is 36.0 Å². The van der Waals surface area contributed by atoms with E-state index >= 15 is 0 Å². The number of rotatable bonds is 3. The number of ether oxygens (including phenoxy) is 1. The molecule has 1 saturated heterocycles. The second-order valence-electron chi connectivity index (χ2n) is 4.92. The molecule has 1 aliphatic rings. The van der Waals surface area contributed by atoms with Gasteiger partial charge in [-0.1, -0.05) is 22.0 Å². The Balaban J connectivity index is 2.08. The number of anilines is 1. The topological polar surface area (TPSA) is 38.5 Å². The highest BCUT2D eigenvalue weighted by molar-refractivity contribution is 9.10. The molecule has 4 heteroatoms. The lowest BCUT2D eigenvalue weighted by atomic mass is 10.1. The maximum atomic E-state index is 5.92. The normalized spacial score (nSPS) is 19.0. The van der Waals surface area contributed by atoms with Gasteiger partial charge in [0.15, 0.2) is 0 Å². The highest BCUT2D eigenvalue weighted by Crippen LogP contribution is 2.29. The quantitative estimate of drug-likeness (QED) is 0.932. The van der Waals surface area contributed by atoms with Crippen LogP contribution in [-0.4, -0.2) is 26.3 Å². The standard InChI is InChI=1S/C14H21BrN2O/c1-10(16)13-4-3-11(9-14(13)15)17-7-5-12(18-2)6-8-17/h3-4,9-10,12H,5-8,16H2,1-2H3/t10-/m0/s1. The fourth-order valence-electron chi connectivity index (χ4n) is 2.43. The van der Waals surface area contributed by atoms with Crippen molar-refractivity contribution in [3.63, 3.8) is 0 Å². The Labute approximate surface area is 117 Å². The zero-order valence-corrected chi connectivity index (χ0v) is 12.6. The van der Waals surface area contributed by atoms with Gasteiger partial charge in [0.2, 0.25) is 0 Å². The van der Waals surface area contributed by atoms with E-state index in [4.69, 9.17) is 10.5 Å². The van der Waals surface area contributed by atoms with E-state index < -0.39 is 0 Å². The van der Waals surface area contributed by atoms with Crippen LogP contribution in [0.25, 0.3) is 0 Å². The summed E-state index contributed by atoms with van der Waals surface area (Å²) in [7, 11) is 1.80. The average Bonchev–Trinajstić information content (AvgIpc) is 2.38. The van der Waals surface area contributed by atoms with Gasteiger partial charge >= 0.3 is 0 Å². The Bertz CT molecular complexity index is 401. The smallest absolute Gasteiger partial charge is 0.0605 e. The van der Waals surface area contributed by atoms with Gasteiger partial charge in [0.1, 0.15) is 0 Å². The van der Waals surface area contributed by atoms with Gasteiger partial charge < -0.3 is 15.4 Å². The number of methoxy groups -OCH3 is 1. The molecule has 1 aromatic carbocycles. The largest absolute Gasteiger partial charge is 0.381 e. The summed E-state index contributed by atoms with van der Waals surface area (Å²) >= 11 is 3.61. The molecule has 0 radical (unpaired) electrons. The van der Waals surface area contributed by atoms with E-state index in [1.54, 1.807) is 7.11 Å². The number of nitrogens with zero attached hydrogens (tertiary/aromatic N) is 1. The van der Waals surface area contributed by atoms with E-state index in [-0.39, 0.29) is 6.04 Å². The van der Waals surface area contributed by atoms with Crippen molar-refractivity contribution in [3.8, 4) is 0 Å². The Morgan fingerprint density at radius 3 is 2.56 bits per heavy atom. The number of piperidine rings is 1. The van der Waals surface area contributed by atoms with Gasteiger partial charge in [-0.3, -0.25) is 0 Å². The number of halogens is 1. The van der Waals surface area contributed by atoms with Crippen molar-refractivity contribution in [1.82, 2.24) is 0 Å². The summed E-state index contributed by atoms with van der Waals surface area (Å²) in [4.78, 5) is 2.41. The number of hydrogen-bond acceptors (Lipinski definition) is 3. The fraction of sp³-hybridized carbons (Fsp3) is 0.571. The molecule has 0 saturated carbocycles. The molecular weight excluding hydrogens is 292 g/mol. The molecule has 1 fully saturated rings. The summed E-state index contributed by atoms with van der Waals surface area (Å²) in [5.41, 5.74) is 8.34. The van der Waals surface area contributed by atoms with Gasteiger partial charge in [0, 0.05) is 36.4 Å². The van der Waals surface area contributed by atoms with Crippen LogP contribution in [0, 0.1) is 0 Å². The van der Waals surface area contributed by atoms with Crippen LogP contribution in [0.5, 0.6) is 0 Å². The maximum absolute atomic E-state index is 5.92. The molecule has 0 unspecified atom stereocenters. The van der Waals surface area contributed by atoms with Gasteiger partial charge in [-0.05, 0) is 37.5 Å². The fourth-order valence-corrected chi connectivity index (χ4v) is 3.16. The molecule has 1 heterocycles. The Hall–Kier alpha value is -0.580. The third kappa shape index (κ3) is 3.05. The predicted octanol–water partition coefficient (Wildman–Crippen LogP) is 3.08. The van der Waals surface area contributed by atoms with E-state index in [1.807, 2.05) is 6.92 Å². The molecular formula is C14H21BrN2O. The van der Waals surface area contributed by atoms with Crippen molar-refractivity contribution in [3.05, 3.63) is 28.2 Å². The van der Waals surface area contributed by atoms with Crippen LogP contribution in [0.3, 0.4) is 0 Å². The van der Waals surface area contributed by atoms with Gasteiger partial charge in [-0.2, -0.15) is 0 Å². The van der Waals surface area contributed by atoms with E-state index in [9.17, 15) is 0 Å². The predicted molar refractivity (Wildman–Crippen MR) is 79.0 cm³/mol. The lowest BCUT2D eigenvalue weighted by molar-refractivity contribution is 0.0819. The third-order valence-corrected chi connectivity index (χ3v) is 4.30. The van der Waals surface area contributed by atoms with Crippen molar-refractivity contribution in [2.75, 3.05) is 25.1 Å². The highest BCUT2D eigenvalue weighted by Gasteiger charge is 2.19. The summed E-state index contributed by atoms with van der Waals surface area (Å²) in [6.45, 7) is 4.12. The summed E-state index contributed by atoms with van der Waals surface area (Å²) in [5, 5.41) is 0. The van der Waals surface area contributed by atoms with Gasteiger partial charge in [0.25, 0.3) is 0 Å². The Kier molecular flexibility index (Phi) is 4.65. The average molecular weight is 313 g/mol. The molecule has 2 N–H and O–H groups in total. The lowest BCUT2D eigenvalue weighted by Crippen LogP contribution is -2.36. The van der Waals surface area contributed by atoms with Crippen molar-refractivity contribution >= 4 is 21.6 Å². The molecule has 1 aromatic rings. The molecule has 0 amide bonds. The van der Waals surface area contributed by atoms with E-state index in [2.05, 4.69) is 39.0 Å². The van der Waals surface area contributed by atoms with Gasteiger partial charge in [0.05, 0.1) is 6.10 Å². The molecule has 0 spiro atoms. The number of benzene rings is 1. The number of nitrogens with two attached hydrogens (primary N) is 1. The molecule has 0 aliphatic carbocycles. The lowest BCUT2D eigenvalue weighted by Gasteiger charge is -2.33. The van der Waals surface area contributed by atoms with Crippen molar-refractivity contribution < 1.29 is 4.74 Å². The number of hydrogen-bond donors (Lipinski definition) is 1. The first-order chi connectivity index (χ1) is 8.61. The molecule has 100 valence electrons. The second-order valence-corrected chi connectivity index (χ2v) is 5.77. The molecule has 1 aliphatic heterocycles. The molecule has 0 bridgehead atoms. The van der Waals surface area contributed by atoms with Crippen molar-refractivity contribution in [1.29, 1.82) is 0 Å². The molecule has 18 heavy (non-hydrogen) atoms. The molecule has 1 atom stereocenters. The summed E-state index contributed by atoms with van der Waals surface area (Å²) < 4.78 is 6.50. The minimum atomic E-state index is 0.0626. The van der Waals surface area contributed by atoms with Gasteiger partial charge in [-0.25, -0.2) is 0 Å². The summed E-state index contributed by atoms with van der Waals surface area (Å²) in [5.74, 6) is 0. The van der Waals surface area contributed by atoms with Crippen LogP contribution in [0.2, 0.25) is 0 Å². The van der Waals surface area contributed by atoms with Crippen LogP contribution in [0.15, 0.2) is 22.7 Å². The highest BCUT2D eigenvalue weighted by atomic mass is 79.9. The second kappa shape index (κ2) is 6.04. The van der Waals surface area contributed by atoms with Crippen LogP contribution in [0.4, 0.5) is 5.69 Å². The first-order valence-corrected chi connectivity index (χ1v) is 7.24. The molecule has 0 aromatic heterocycles. The van der Waals surface area contributed by atoms with Crippen LogP contribution in [0.1, 0.15) is 31.4 Å².